The van der Waals surface area contributed by atoms with Gasteiger partial charge in [-0.15, -0.1) is 0 Å². The number of nitrogens with one attached hydrogen (secondary N) is 1. The van der Waals surface area contributed by atoms with E-state index in [4.69, 9.17) is 0 Å². The average Bonchev–Trinajstić information content (AvgIpc) is 2.74. The zero-order chi connectivity index (χ0) is 21.3. The van der Waals surface area contributed by atoms with Gasteiger partial charge in [-0.3, -0.25) is 4.98 Å². The lowest BCUT2D eigenvalue weighted by Gasteiger charge is -2.34. The van der Waals surface area contributed by atoms with Gasteiger partial charge in [0.1, 0.15) is 10.7 Å². The molecule has 1 fully saturated rings. The number of halogens is 1. The monoisotopic (exact) mass is 428 g/mol. The number of para-hydroxylation sites is 1. The molecule has 156 valence electrons. The summed E-state index contributed by atoms with van der Waals surface area (Å²) >= 11 is 0. The van der Waals surface area contributed by atoms with Crippen molar-refractivity contribution in [2.45, 2.75) is 11.8 Å². The number of anilines is 1. The van der Waals surface area contributed by atoms with E-state index in [-0.39, 0.29) is 42.9 Å². The fraction of sp³-hybridized carbons (Fsp3) is 0.238. The number of fused-ring (bicyclic) bond motifs is 1. The number of piperazine rings is 1. The molecular weight excluding hydrogens is 407 g/mol. The number of aryl methyl sites for hydroxylation is 1. The van der Waals surface area contributed by atoms with E-state index < -0.39 is 10.0 Å². The number of benzene rings is 2. The first kappa shape index (κ1) is 20.2. The van der Waals surface area contributed by atoms with Gasteiger partial charge in [0.2, 0.25) is 10.0 Å². The highest BCUT2D eigenvalue weighted by atomic mass is 32.2. The van der Waals surface area contributed by atoms with Crippen molar-refractivity contribution in [3.05, 3.63) is 66.1 Å². The molecule has 4 rings (SSSR count). The third kappa shape index (κ3) is 3.99. The minimum absolute atomic E-state index is 0.171. The molecule has 0 saturated carbocycles. The third-order valence-corrected chi connectivity index (χ3v) is 6.98. The molecule has 1 N–H and O–H groups in total. The number of pyridine rings is 1. The lowest BCUT2D eigenvalue weighted by molar-refractivity contribution is 0.184. The Bertz CT molecular complexity index is 1190. The highest BCUT2D eigenvalue weighted by Gasteiger charge is 2.31. The van der Waals surface area contributed by atoms with Gasteiger partial charge in [-0.1, -0.05) is 12.1 Å². The molecule has 2 amide bonds. The van der Waals surface area contributed by atoms with Crippen LogP contribution in [0.5, 0.6) is 0 Å². The number of hydrogen-bond acceptors (Lipinski definition) is 4. The van der Waals surface area contributed by atoms with Gasteiger partial charge in [0.15, 0.2) is 0 Å². The highest BCUT2D eigenvalue weighted by Crippen LogP contribution is 2.25. The number of amides is 2. The van der Waals surface area contributed by atoms with E-state index in [9.17, 15) is 17.6 Å². The largest absolute Gasteiger partial charge is 0.322 e. The van der Waals surface area contributed by atoms with Crippen LogP contribution in [-0.4, -0.2) is 54.8 Å². The van der Waals surface area contributed by atoms with Crippen molar-refractivity contribution in [1.82, 2.24) is 14.2 Å². The maximum atomic E-state index is 13.2. The molecular formula is C21H21FN4O3S. The summed E-state index contributed by atoms with van der Waals surface area (Å²) in [5, 5.41) is 3.47. The van der Waals surface area contributed by atoms with Crippen molar-refractivity contribution >= 4 is 32.6 Å². The summed E-state index contributed by atoms with van der Waals surface area (Å²) in [7, 11) is -3.74. The highest BCUT2D eigenvalue weighted by molar-refractivity contribution is 7.89. The van der Waals surface area contributed by atoms with Gasteiger partial charge in [-0.25, -0.2) is 17.6 Å². The number of carbonyl (C=O) groups is 1. The maximum Gasteiger partial charge on any atom is 0.321 e. The molecule has 2 aromatic carbocycles. The van der Waals surface area contributed by atoms with Crippen LogP contribution in [0, 0.1) is 12.7 Å². The summed E-state index contributed by atoms with van der Waals surface area (Å²) in [5.74, 6) is -0.384. The number of carbonyl (C=O) groups excluding carboxylic acids is 1. The van der Waals surface area contributed by atoms with Crippen LogP contribution < -0.4 is 5.32 Å². The fourth-order valence-electron chi connectivity index (χ4n) is 3.46. The second kappa shape index (κ2) is 8.00. The molecule has 2 heterocycles. The van der Waals surface area contributed by atoms with Crippen molar-refractivity contribution in [3.63, 3.8) is 0 Å². The Morgan fingerprint density at radius 3 is 2.47 bits per heavy atom. The Balaban J connectivity index is 1.47. The van der Waals surface area contributed by atoms with Crippen molar-refractivity contribution < 1.29 is 17.6 Å². The Morgan fingerprint density at radius 2 is 1.77 bits per heavy atom. The lowest BCUT2D eigenvalue weighted by Crippen LogP contribution is -2.51. The van der Waals surface area contributed by atoms with Crippen molar-refractivity contribution in [2.24, 2.45) is 0 Å². The number of sulfonamides is 1. The Hall–Kier alpha value is -3.04. The van der Waals surface area contributed by atoms with E-state index in [2.05, 4.69) is 10.3 Å². The zero-order valence-electron chi connectivity index (χ0n) is 16.4. The number of hydrogen-bond donors (Lipinski definition) is 1. The predicted molar refractivity (Wildman–Crippen MR) is 112 cm³/mol. The van der Waals surface area contributed by atoms with Gasteiger partial charge in [-0.05, 0) is 48.9 Å². The van der Waals surface area contributed by atoms with Gasteiger partial charge in [0.25, 0.3) is 0 Å². The van der Waals surface area contributed by atoms with E-state index in [1.54, 1.807) is 23.2 Å². The van der Waals surface area contributed by atoms with E-state index >= 15 is 0 Å². The van der Waals surface area contributed by atoms with Crippen LogP contribution in [0.2, 0.25) is 0 Å². The third-order valence-electron chi connectivity index (χ3n) is 5.05. The topological polar surface area (TPSA) is 82.6 Å². The van der Waals surface area contributed by atoms with Gasteiger partial charge < -0.3 is 10.2 Å². The average molecular weight is 428 g/mol. The van der Waals surface area contributed by atoms with Crippen LogP contribution in [-0.2, 0) is 10.0 Å². The van der Waals surface area contributed by atoms with E-state index in [0.717, 1.165) is 10.9 Å². The maximum absolute atomic E-state index is 13.2. The molecule has 1 aliphatic rings. The molecule has 0 unspecified atom stereocenters. The normalized spacial score (nSPS) is 15.3. The Morgan fingerprint density at radius 1 is 1.07 bits per heavy atom. The van der Waals surface area contributed by atoms with Gasteiger partial charge in [0, 0.05) is 43.4 Å². The second-order valence-corrected chi connectivity index (χ2v) is 9.08. The Labute approximate surface area is 174 Å². The molecule has 1 aliphatic heterocycles. The molecule has 9 heteroatoms. The smallest absolute Gasteiger partial charge is 0.321 e. The number of rotatable bonds is 3. The van der Waals surface area contributed by atoms with Gasteiger partial charge in [-0.2, -0.15) is 4.31 Å². The zero-order valence-corrected chi connectivity index (χ0v) is 17.2. The van der Waals surface area contributed by atoms with E-state index in [0.29, 0.717) is 11.2 Å². The summed E-state index contributed by atoms with van der Waals surface area (Å²) in [6, 6.07) is 12.1. The number of nitrogens with zero attached hydrogens (tertiary/aromatic N) is 3. The number of urea groups is 1. The molecule has 0 aliphatic carbocycles. The molecule has 0 radical (unpaired) electrons. The summed E-state index contributed by atoms with van der Waals surface area (Å²) in [5.41, 5.74) is 1.88. The van der Waals surface area contributed by atoms with Gasteiger partial charge >= 0.3 is 6.03 Å². The minimum Gasteiger partial charge on any atom is -0.322 e. The fourth-order valence-corrected chi connectivity index (χ4v) is 5.05. The van der Waals surface area contributed by atoms with Crippen LogP contribution in [0.3, 0.4) is 0 Å². The molecule has 0 atom stereocenters. The van der Waals surface area contributed by atoms with E-state index in [1.807, 2.05) is 19.1 Å². The second-order valence-electron chi connectivity index (χ2n) is 7.17. The van der Waals surface area contributed by atoms with Crippen molar-refractivity contribution in [3.8, 4) is 0 Å². The Kier molecular flexibility index (Phi) is 5.40. The molecule has 1 aromatic heterocycles. The van der Waals surface area contributed by atoms with Crippen LogP contribution >= 0.6 is 0 Å². The molecule has 1 saturated heterocycles. The molecule has 7 nitrogen and oxygen atoms in total. The molecule has 30 heavy (non-hydrogen) atoms. The summed E-state index contributed by atoms with van der Waals surface area (Å²) in [4.78, 5) is 18.5. The van der Waals surface area contributed by atoms with E-state index in [1.165, 1.54) is 28.6 Å². The molecule has 0 bridgehead atoms. The first-order chi connectivity index (χ1) is 14.3. The van der Waals surface area contributed by atoms with Crippen LogP contribution in [0.4, 0.5) is 14.9 Å². The first-order valence-corrected chi connectivity index (χ1v) is 11.0. The summed E-state index contributed by atoms with van der Waals surface area (Å²) in [6.45, 7) is 2.78. The quantitative estimate of drug-likeness (QED) is 0.694. The SMILES string of the molecule is Cc1cnc2c(S(=O)(=O)N3CCN(C(=O)Nc4ccc(F)cc4)CC3)cccc2c1. The van der Waals surface area contributed by atoms with Crippen LogP contribution in [0.1, 0.15) is 5.56 Å². The first-order valence-electron chi connectivity index (χ1n) is 9.51. The molecule has 3 aromatic rings. The van der Waals surface area contributed by atoms with Crippen LogP contribution in [0.25, 0.3) is 10.9 Å². The standard InChI is InChI=1S/C21H21FN4O3S/c1-15-13-16-3-2-4-19(20(16)23-14-15)30(28,29)26-11-9-25(10-12-26)21(27)24-18-7-5-17(22)6-8-18/h2-8,13-14H,9-12H2,1H3,(H,24,27). The summed E-state index contributed by atoms with van der Waals surface area (Å²) < 4.78 is 40.8. The number of aromatic nitrogens is 1. The minimum atomic E-state index is -3.74. The van der Waals surface area contributed by atoms with Crippen molar-refractivity contribution in [1.29, 1.82) is 0 Å². The van der Waals surface area contributed by atoms with Gasteiger partial charge in [0.05, 0.1) is 5.52 Å². The summed E-state index contributed by atoms with van der Waals surface area (Å²) in [6.07, 6.45) is 1.65. The predicted octanol–water partition coefficient (Wildman–Crippen LogP) is 3.22. The van der Waals surface area contributed by atoms with Crippen molar-refractivity contribution in [2.75, 3.05) is 31.5 Å². The lowest BCUT2D eigenvalue weighted by atomic mass is 10.2. The van der Waals surface area contributed by atoms with Crippen LogP contribution in [0.15, 0.2) is 59.6 Å². The molecule has 0 spiro atoms.